The van der Waals surface area contributed by atoms with Crippen LogP contribution in [-0.4, -0.2) is 29.1 Å². The molecule has 0 unspecified atom stereocenters. The molecular formula is C22H26FN3O3. The van der Waals surface area contributed by atoms with E-state index in [4.69, 9.17) is 4.74 Å². The summed E-state index contributed by atoms with van der Waals surface area (Å²) in [7, 11) is 0. The summed E-state index contributed by atoms with van der Waals surface area (Å²) in [5.41, 5.74) is 0.814. The number of rotatable bonds is 4. The molecule has 0 bridgehead atoms. The normalized spacial score (nSPS) is 15.4. The van der Waals surface area contributed by atoms with Gasteiger partial charge in [0.15, 0.2) is 0 Å². The minimum atomic E-state index is -0.749. The predicted molar refractivity (Wildman–Crippen MR) is 108 cm³/mol. The zero-order valence-corrected chi connectivity index (χ0v) is 17.1. The molecule has 2 aromatic rings. The molecule has 1 aliphatic rings. The van der Waals surface area contributed by atoms with Crippen molar-refractivity contribution in [3.63, 3.8) is 0 Å². The predicted octanol–water partition coefficient (Wildman–Crippen LogP) is 4.01. The number of hydrogen-bond acceptors (Lipinski definition) is 4. The first-order valence-corrected chi connectivity index (χ1v) is 9.66. The third kappa shape index (κ3) is 4.91. The maximum Gasteiger partial charge on any atom is 0.408 e. The molecule has 2 heterocycles. The van der Waals surface area contributed by atoms with Crippen LogP contribution in [0.15, 0.2) is 42.6 Å². The molecule has 29 heavy (non-hydrogen) atoms. The summed E-state index contributed by atoms with van der Waals surface area (Å²) >= 11 is 0. The topological polar surface area (TPSA) is 71.5 Å². The van der Waals surface area contributed by atoms with E-state index in [0.29, 0.717) is 17.9 Å². The first-order valence-electron chi connectivity index (χ1n) is 9.66. The van der Waals surface area contributed by atoms with Gasteiger partial charge in [-0.25, -0.2) is 14.2 Å². The highest BCUT2D eigenvalue weighted by Crippen LogP contribution is 2.31. The molecule has 1 N–H and O–H groups in total. The molecule has 0 radical (unpaired) electrons. The molecule has 1 aromatic carbocycles. The molecule has 0 saturated heterocycles. The van der Waals surface area contributed by atoms with Crippen LogP contribution >= 0.6 is 0 Å². The van der Waals surface area contributed by atoms with Gasteiger partial charge in [-0.2, -0.15) is 0 Å². The number of carbonyl (C=O) groups is 2. The SMILES string of the molecule is C[C@@H](C(=O)N1CCc2cccnc21)[C@H](NC(=O)OC(C)(C)C)c1cccc(F)c1. The fourth-order valence-electron chi connectivity index (χ4n) is 3.44. The molecular weight excluding hydrogens is 373 g/mol. The second-order valence-corrected chi connectivity index (χ2v) is 8.19. The number of alkyl carbamates (subject to hydrolysis) is 1. The molecule has 6 nitrogen and oxygen atoms in total. The van der Waals surface area contributed by atoms with Gasteiger partial charge < -0.3 is 10.1 Å². The summed E-state index contributed by atoms with van der Waals surface area (Å²) in [5, 5.41) is 2.75. The lowest BCUT2D eigenvalue weighted by Gasteiger charge is -2.29. The van der Waals surface area contributed by atoms with E-state index in [1.807, 2.05) is 12.1 Å². The molecule has 0 saturated carbocycles. The maximum atomic E-state index is 13.8. The fourth-order valence-corrected chi connectivity index (χ4v) is 3.44. The number of carbonyl (C=O) groups excluding carboxylic acids is 2. The van der Waals surface area contributed by atoms with Crippen LogP contribution in [0.4, 0.5) is 15.0 Å². The minimum absolute atomic E-state index is 0.187. The molecule has 7 heteroatoms. The van der Waals surface area contributed by atoms with Crippen molar-refractivity contribution in [2.75, 3.05) is 11.4 Å². The standard InChI is InChI=1S/C22H26FN3O3/c1-14(20(27)26-12-10-15-8-6-11-24-19(15)26)18(16-7-5-9-17(23)13-16)25-21(28)29-22(2,3)4/h5-9,11,13-14,18H,10,12H2,1-4H3,(H,25,28)/t14-,18+/m1/s1. The number of anilines is 1. The van der Waals surface area contributed by atoms with Gasteiger partial charge in [0, 0.05) is 12.7 Å². The summed E-state index contributed by atoms with van der Waals surface area (Å²) in [6.45, 7) is 7.51. The van der Waals surface area contributed by atoms with Crippen LogP contribution in [-0.2, 0) is 16.0 Å². The van der Waals surface area contributed by atoms with Gasteiger partial charge in [-0.15, -0.1) is 0 Å². The number of nitrogens with zero attached hydrogens (tertiary/aromatic N) is 2. The zero-order valence-electron chi connectivity index (χ0n) is 17.1. The van der Waals surface area contributed by atoms with Crippen LogP contribution in [0.2, 0.25) is 0 Å². The Balaban J connectivity index is 1.87. The molecule has 0 fully saturated rings. The summed E-state index contributed by atoms with van der Waals surface area (Å²) in [5.74, 6) is -0.643. The quantitative estimate of drug-likeness (QED) is 0.843. The summed E-state index contributed by atoms with van der Waals surface area (Å²) in [6, 6.07) is 8.92. The highest BCUT2D eigenvalue weighted by molar-refractivity contribution is 5.96. The van der Waals surface area contributed by atoms with Gasteiger partial charge in [-0.3, -0.25) is 9.69 Å². The summed E-state index contributed by atoms with van der Waals surface area (Å²) in [4.78, 5) is 31.6. The number of ether oxygens (including phenoxy) is 1. The van der Waals surface area contributed by atoms with Crippen molar-refractivity contribution in [3.05, 3.63) is 59.5 Å². The number of nitrogens with one attached hydrogen (secondary N) is 1. The van der Waals surface area contributed by atoms with Gasteiger partial charge in [0.1, 0.15) is 17.2 Å². The van der Waals surface area contributed by atoms with Gasteiger partial charge in [-0.1, -0.05) is 25.1 Å². The Morgan fingerprint density at radius 1 is 1.24 bits per heavy atom. The molecule has 2 amide bonds. The van der Waals surface area contributed by atoms with Crippen LogP contribution in [0, 0.1) is 11.7 Å². The molecule has 154 valence electrons. The second-order valence-electron chi connectivity index (χ2n) is 8.19. The highest BCUT2D eigenvalue weighted by Gasteiger charge is 2.35. The minimum Gasteiger partial charge on any atom is -0.444 e. The van der Waals surface area contributed by atoms with E-state index in [1.54, 1.807) is 50.9 Å². The van der Waals surface area contributed by atoms with E-state index in [0.717, 1.165) is 12.0 Å². The Morgan fingerprint density at radius 2 is 2.00 bits per heavy atom. The molecule has 0 spiro atoms. The van der Waals surface area contributed by atoms with E-state index in [-0.39, 0.29) is 5.91 Å². The first kappa shape index (κ1) is 20.8. The van der Waals surface area contributed by atoms with Gasteiger partial charge >= 0.3 is 6.09 Å². The van der Waals surface area contributed by atoms with E-state index < -0.39 is 29.5 Å². The zero-order chi connectivity index (χ0) is 21.2. The Labute approximate surface area is 170 Å². The highest BCUT2D eigenvalue weighted by atomic mass is 19.1. The number of amides is 2. The first-order chi connectivity index (χ1) is 13.7. The third-order valence-electron chi connectivity index (χ3n) is 4.76. The molecule has 1 aromatic heterocycles. The summed E-state index contributed by atoms with van der Waals surface area (Å²) < 4.78 is 19.2. The van der Waals surface area contributed by atoms with E-state index >= 15 is 0 Å². The number of aromatic nitrogens is 1. The molecule has 3 rings (SSSR count). The average molecular weight is 399 g/mol. The van der Waals surface area contributed by atoms with Crippen molar-refractivity contribution < 1.29 is 18.7 Å². The molecule has 2 atom stereocenters. The lowest BCUT2D eigenvalue weighted by Crippen LogP contribution is -2.43. The number of halogens is 1. The van der Waals surface area contributed by atoms with E-state index in [1.165, 1.54) is 12.1 Å². The van der Waals surface area contributed by atoms with Crippen molar-refractivity contribution in [2.24, 2.45) is 5.92 Å². The van der Waals surface area contributed by atoms with Crippen molar-refractivity contribution in [2.45, 2.75) is 45.8 Å². The number of fused-ring (bicyclic) bond motifs is 1. The lowest BCUT2D eigenvalue weighted by molar-refractivity contribution is -0.122. The van der Waals surface area contributed by atoms with Crippen LogP contribution in [0.3, 0.4) is 0 Å². The average Bonchev–Trinajstić information content (AvgIpc) is 3.07. The van der Waals surface area contributed by atoms with E-state index in [2.05, 4.69) is 10.3 Å². The third-order valence-corrected chi connectivity index (χ3v) is 4.76. The number of benzene rings is 1. The van der Waals surface area contributed by atoms with Gasteiger partial charge in [0.25, 0.3) is 0 Å². The van der Waals surface area contributed by atoms with Crippen molar-refractivity contribution in [3.8, 4) is 0 Å². The lowest BCUT2D eigenvalue weighted by atomic mass is 9.93. The Hall–Kier alpha value is -2.96. The number of pyridine rings is 1. The van der Waals surface area contributed by atoms with E-state index in [9.17, 15) is 14.0 Å². The van der Waals surface area contributed by atoms with Crippen LogP contribution in [0.5, 0.6) is 0 Å². The monoisotopic (exact) mass is 399 g/mol. The molecule has 0 aliphatic carbocycles. The largest absolute Gasteiger partial charge is 0.444 e. The van der Waals surface area contributed by atoms with Crippen molar-refractivity contribution >= 4 is 17.8 Å². The van der Waals surface area contributed by atoms with Crippen LogP contribution < -0.4 is 10.2 Å². The Morgan fingerprint density at radius 3 is 2.69 bits per heavy atom. The van der Waals surface area contributed by atoms with Gasteiger partial charge in [0.2, 0.25) is 5.91 Å². The van der Waals surface area contributed by atoms with Crippen molar-refractivity contribution in [1.29, 1.82) is 0 Å². The fraction of sp³-hybridized carbons (Fsp3) is 0.409. The number of hydrogen-bond donors (Lipinski definition) is 1. The summed E-state index contributed by atoms with van der Waals surface area (Å²) in [6.07, 6.45) is 1.72. The van der Waals surface area contributed by atoms with Crippen molar-refractivity contribution in [1.82, 2.24) is 10.3 Å². The van der Waals surface area contributed by atoms with Crippen LogP contribution in [0.1, 0.15) is 44.9 Å². The second kappa shape index (κ2) is 8.19. The van der Waals surface area contributed by atoms with Gasteiger partial charge in [0.05, 0.1) is 12.0 Å². The smallest absolute Gasteiger partial charge is 0.408 e. The Kier molecular flexibility index (Phi) is 5.86. The Bertz CT molecular complexity index is 910. The van der Waals surface area contributed by atoms with Crippen LogP contribution in [0.25, 0.3) is 0 Å². The molecule has 1 aliphatic heterocycles. The van der Waals surface area contributed by atoms with Gasteiger partial charge in [-0.05, 0) is 56.5 Å². The maximum absolute atomic E-state index is 13.8.